The van der Waals surface area contributed by atoms with Crippen molar-refractivity contribution in [2.45, 2.75) is 38.1 Å². The summed E-state index contributed by atoms with van der Waals surface area (Å²) in [5.74, 6) is 0.499. The fourth-order valence-electron chi connectivity index (χ4n) is 1.94. The highest BCUT2D eigenvalue weighted by Gasteiger charge is 2.18. The molecule has 0 radical (unpaired) electrons. The van der Waals surface area contributed by atoms with E-state index in [9.17, 15) is 0 Å². The predicted molar refractivity (Wildman–Crippen MR) is 65.5 cm³/mol. The summed E-state index contributed by atoms with van der Waals surface area (Å²) in [6.07, 6.45) is 4.07. The summed E-state index contributed by atoms with van der Waals surface area (Å²) in [5.41, 5.74) is 1.26. The number of benzene rings is 1. The minimum atomic E-state index is 0.499. The van der Waals surface area contributed by atoms with E-state index in [0.29, 0.717) is 5.92 Å². The average molecular weight is 224 g/mol. The molecule has 1 N–H and O–H groups in total. The summed E-state index contributed by atoms with van der Waals surface area (Å²) in [5, 5.41) is 4.48. The molecule has 82 valence electrons. The highest BCUT2D eigenvalue weighted by atomic mass is 35.5. The maximum atomic E-state index is 6.15. The number of rotatable bonds is 4. The number of halogens is 1. The van der Waals surface area contributed by atoms with Crippen LogP contribution in [-0.2, 0) is 0 Å². The van der Waals surface area contributed by atoms with Crippen LogP contribution in [0.25, 0.3) is 0 Å². The van der Waals surface area contributed by atoms with Gasteiger partial charge in [-0.25, -0.2) is 0 Å². The van der Waals surface area contributed by atoms with Crippen molar-refractivity contribution in [3.8, 4) is 0 Å². The third-order valence-corrected chi connectivity index (χ3v) is 3.60. The van der Waals surface area contributed by atoms with E-state index < -0.39 is 0 Å². The molecule has 1 saturated carbocycles. The fourth-order valence-corrected chi connectivity index (χ4v) is 2.26. The topological polar surface area (TPSA) is 12.0 Å². The molecule has 0 saturated heterocycles. The lowest BCUT2D eigenvalue weighted by Crippen LogP contribution is -2.37. The average Bonchev–Trinajstić information content (AvgIpc) is 2.16. The van der Waals surface area contributed by atoms with Crippen molar-refractivity contribution in [3.63, 3.8) is 0 Å². The quantitative estimate of drug-likeness (QED) is 0.823. The highest BCUT2D eigenvalue weighted by molar-refractivity contribution is 6.31. The van der Waals surface area contributed by atoms with Gasteiger partial charge in [-0.15, -0.1) is 0 Å². The van der Waals surface area contributed by atoms with Gasteiger partial charge in [-0.05, 0) is 30.4 Å². The second-order valence-corrected chi connectivity index (χ2v) is 4.87. The molecule has 0 aliphatic heterocycles. The molecular formula is C13H18ClN. The predicted octanol–water partition coefficient (Wildman–Crippen LogP) is 3.59. The van der Waals surface area contributed by atoms with Crippen molar-refractivity contribution in [2.24, 2.45) is 0 Å². The molecule has 1 fully saturated rings. The van der Waals surface area contributed by atoms with Gasteiger partial charge in [0.15, 0.2) is 0 Å². The molecule has 0 amide bonds. The van der Waals surface area contributed by atoms with Gasteiger partial charge < -0.3 is 5.32 Å². The second kappa shape index (κ2) is 5.00. The van der Waals surface area contributed by atoms with Gasteiger partial charge >= 0.3 is 0 Å². The van der Waals surface area contributed by atoms with E-state index in [4.69, 9.17) is 11.6 Å². The summed E-state index contributed by atoms with van der Waals surface area (Å²) in [7, 11) is 0. The molecule has 0 bridgehead atoms. The Morgan fingerprint density at radius 1 is 1.40 bits per heavy atom. The summed E-state index contributed by atoms with van der Waals surface area (Å²) >= 11 is 6.15. The van der Waals surface area contributed by atoms with Crippen LogP contribution >= 0.6 is 11.6 Å². The number of hydrogen-bond acceptors (Lipinski definition) is 1. The van der Waals surface area contributed by atoms with Crippen LogP contribution in [0.4, 0.5) is 0 Å². The zero-order valence-corrected chi connectivity index (χ0v) is 9.93. The molecule has 1 nitrogen and oxygen atoms in total. The van der Waals surface area contributed by atoms with Crippen LogP contribution in [-0.4, -0.2) is 12.6 Å². The fraction of sp³-hybridized carbons (Fsp3) is 0.538. The molecule has 1 unspecified atom stereocenters. The summed E-state index contributed by atoms with van der Waals surface area (Å²) in [6.45, 7) is 3.27. The maximum Gasteiger partial charge on any atom is 0.0441 e. The lowest BCUT2D eigenvalue weighted by molar-refractivity contribution is 0.334. The lowest BCUT2D eigenvalue weighted by atomic mass is 9.92. The van der Waals surface area contributed by atoms with Gasteiger partial charge in [-0.2, -0.15) is 0 Å². The summed E-state index contributed by atoms with van der Waals surface area (Å²) in [6, 6.07) is 8.89. The Morgan fingerprint density at radius 2 is 2.13 bits per heavy atom. The Hall–Kier alpha value is -0.530. The number of nitrogens with one attached hydrogen (secondary N) is 1. The molecule has 0 heterocycles. The molecule has 1 aromatic rings. The van der Waals surface area contributed by atoms with Crippen molar-refractivity contribution < 1.29 is 0 Å². The van der Waals surface area contributed by atoms with Crippen LogP contribution in [0, 0.1) is 0 Å². The summed E-state index contributed by atoms with van der Waals surface area (Å²) < 4.78 is 0. The highest BCUT2D eigenvalue weighted by Crippen LogP contribution is 2.24. The van der Waals surface area contributed by atoms with Gasteiger partial charge in [0.05, 0.1) is 0 Å². The Kier molecular flexibility index (Phi) is 3.66. The molecule has 0 spiro atoms. The molecule has 15 heavy (non-hydrogen) atoms. The first-order valence-electron chi connectivity index (χ1n) is 5.75. The van der Waals surface area contributed by atoms with E-state index in [1.54, 1.807) is 0 Å². The third kappa shape index (κ3) is 2.73. The molecule has 1 atom stereocenters. The first-order valence-corrected chi connectivity index (χ1v) is 6.13. The van der Waals surface area contributed by atoms with Crippen LogP contribution in [0.15, 0.2) is 24.3 Å². The normalized spacial score (nSPS) is 18.5. The van der Waals surface area contributed by atoms with Crippen LogP contribution in [0.1, 0.15) is 37.7 Å². The van der Waals surface area contributed by atoms with Crippen LogP contribution < -0.4 is 5.32 Å². The zero-order chi connectivity index (χ0) is 10.7. The van der Waals surface area contributed by atoms with Gasteiger partial charge in [0.25, 0.3) is 0 Å². The smallest absolute Gasteiger partial charge is 0.0441 e. The minimum absolute atomic E-state index is 0.499. The molecular weight excluding hydrogens is 206 g/mol. The van der Waals surface area contributed by atoms with Gasteiger partial charge in [0.1, 0.15) is 0 Å². The van der Waals surface area contributed by atoms with Crippen molar-refractivity contribution >= 4 is 11.6 Å². The third-order valence-electron chi connectivity index (χ3n) is 3.25. The maximum absolute atomic E-state index is 6.15. The lowest BCUT2D eigenvalue weighted by Gasteiger charge is -2.28. The largest absolute Gasteiger partial charge is 0.313 e. The monoisotopic (exact) mass is 223 g/mol. The zero-order valence-electron chi connectivity index (χ0n) is 9.17. The summed E-state index contributed by atoms with van der Waals surface area (Å²) in [4.78, 5) is 0. The first kappa shape index (κ1) is 11.0. The van der Waals surface area contributed by atoms with Gasteiger partial charge in [-0.3, -0.25) is 0 Å². The van der Waals surface area contributed by atoms with Gasteiger partial charge in [0, 0.05) is 17.6 Å². The van der Waals surface area contributed by atoms with Crippen LogP contribution in [0.3, 0.4) is 0 Å². The van der Waals surface area contributed by atoms with Crippen molar-refractivity contribution in [1.29, 1.82) is 0 Å². The van der Waals surface area contributed by atoms with E-state index in [0.717, 1.165) is 17.6 Å². The minimum Gasteiger partial charge on any atom is -0.313 e. The van der Waals surface area contributed by atoms with E-state index in [-0.39, 0.29) is 0 Å². The molecule has 2 rings (SSSR count). The van der Waals surface area contributed by atoms with E-state index in [1.807, 2.05) is 12.1 Å². The standard InChI is InChI=1S/C13H18ClN/c1-10(9-15-11-5-4-6-11)12-7-2-3-8-13(12)14/h2-3,7-8,10-11,15H,4-6,9H2,1H3. The Labute approximate surface area is 96.8 Å². The van der Waals surface area contributed by atoms with Gasteiger partial charge in [0.2, 0.25) is 0 Å². The van der Waals surface area contributed by atoms with Crippen molar-refractivity contribution in [3.05, 3.63) is 34.9 Å². The van der Waals surface area contributed by atoms with E-state index in [2.05, 4.69) is 24.4 Å². The van der Waals surface area contributed by atoms with Gasteiger partial charge in [-0.1, -0.05) is 43.1 Å². The van der Waals surface area contributed by atoms with E-state index in [1.165, 1.54) is 24.8 Å². The Morgan fingerprint density at radius 3 is 2.73 bits per heavy atom. The first-order chi connectivity index (χ1) is 7.27. The SMILES string of the molecule is CC(CNC1CCC1)c1ccccc1Cl. The molecule has 0 aromatic heterocycles. The van der Waals surface area contributed by atoms with Crippen LogP contribution in [0.5, 0.6) is 0 Å². The molecule has 1 aliphatic rings. The molecule has 1 aliphatic carbocycles. The van der Waals surface area contributed by atoms with Crippen molar-refractivity contribution in [2.75, 3.05) is 6.54 Å². The Bertz CT molecular complexity index is 320. The van der Waals surface area contributed by atoms with Crippen molar-refractivity contribution in [1.82, 2.24) is 5.32 Å². The number of hydrogen-bond donors (Lipinski definition) is 1. The second-order valence-electron chi connectivity index (χ2n) is 4.46. The van der Waals surface area contributed by atoms with Crippen LogP contribution in [0.2, 0.25) is 5.02 Å². The molecule has 1 aromatic carbocycles. The van der Waals surface area contributed by atoms with E-state index >= 15 is 0 Å². The molecule has 2 heteroatoms. The Balaban J connectivity index is 1.89.